The van der Waals surface area contributed by atoms with E-state index >= 15 is 0 Å². The predicted octanol–water partition coefficient (Wildman–Crippen LogP) is 8.03. The molecular weight excluding hydrogens is 432 g/mol. The molecule has 0 aromatic heterocycles. The molecule has 1 aliphatic heterocycles. The fraction of sp³-hybridized carbons (Fsp3) is 0.500. The number of nitrogens with zero attached hydrogens (tertiary/aromatic N) is 1. The van der Waals surface area contributed by atoms with E-state index in [1.807, 2.05) is 39.0 Å². The highest BCUT2D eigenvalue weighted by molar-refractivity contribution is 6.31. The number of benzene rings is 1. The van der Waals surface area contributed by atoms with Crippen LogP contribution in [0, 0.1) is 6.92 Å². The van der Waals surface area contributed by atoms with Gasteiger partial charge in [-0.15, -0.1) is 0 Å². The van der Waals surface area contributed by atoms with Crippen LogP contribution in [0.3, 0.4) is 0 Å². The Morgan fingerprint density at radius 1 is 1.30 bits per heavy atom. The summed E-state index contributed by atoms with van der Waals surface area (Å²) in [6.45, 7) is 12.3. The van der Waals surface area contributed by atoms with Crippen LogP contribution < -0.4 is 5.43 Å². The summed E-state index contributed by atoms with van der Waals surface area (Å²) in [5, 5.41) is 5.07. The molecule has 0 saturated heterocycles. The first-order valence-corrected chi connectivity index (χ1v) is 12.5. The van der Waals surface area contributed by atoms with Crippen molar-refractivity contribution in [2.75, 3.05) is 0 Å². The number of carbonyl (C=O) groups excluding carboxylic acids is 1. The van der Waals surface area contributed by atoms with Gasteiger partial charge in [-0.1, -0.05) is 81.3 Å². The molecule has 0 amide bonds. The third-order valence-electron chi connectivity index (χ3n) is 5.08. The maximum atomic E-state index is 11.6. The molecule has 1 heterocycles. The van der Waals surface area contributed by atoms with E-state index in [4.69, 9.17) is 16.3 Å². The van der Waals surface area contributed by atoms with Gasteiger partial charge in [0.2, 0.25) is 0 Å². The standard InChI is InChI=1S/C15H21ClO2.C13H20N2/c1-4-6-14(18-15(17)7-5-2)12-8-9-13(16)11(3)10-12;1-4-6-7-9-12(8-5-2)13-10-11(3)14-15-13/h8-10,14H,4-7H2,1-3H3;5-9,11,14H,4,10H2,1-3H3/b;7-6+,8-5-,12-9+. The molecule has 2 rings (SSSR count). The van der Waals surface area contributed by atoms with Crippen LogP contribution in [0.1, 0.15) is 90.4 Å². The van der Waals surface area contributed by atoms with E-state index in [-0.39, 0.29) is 12.1 Å². The van der Waals surface area contributed by atoms with Crippen LogP contribution in [0.25, 0.3) is 0 Å². The van der Waals surface area contributed by atoms with E-state index in [1.54, 1.807) is 0 Å². The predicted molar refractivity (Wildman–Crippen MR) is 142 cm³/mol. The van der Waals surface area contributed by atoms with Crippen molar-refractivity contribution >= 4 is 23.3 Å². The van der Waals surface area contributed by atoms with Gasteiger partial charge in [0.25, 0.3) is 0 Å². The molecule has 0 radical (unpaired) electrons. The van der Waals surface area contributed by atoms with Crippen molar-refractivity contribution in [1.82, 2.24) is 5.43 Å². The molecule has 182 valence electrons. The van der Waals surface area contributed by atoms with Crippen LogP contribution in [-0.4, -0.2) is 17.7 Å². The van der Waals surface area contributed by atoms with Crippen molar-refractivity contribution < 1.29 is 9.53 Å². The van der Waals surface area contributed by atoms with E-state index in [9.17, 15) is 4.79 Å². The lowest BCUT2D eigenvalue weighted by atomic mass is 10.0. The molecule has 33 heavy (non-hydrogen) atoms. The largest absolute Gasteiger partial charge is 0.457 e. The van der Waals surface area contributed by atoms with Gasteiger partial charge < -0.3 is 10.2 Å². The molecule has 2 unspecified atom stereocenters. The van der Waals surface area contributed by atoms with E-state index in [2.05, 4.69) is 61.7 Å². The third kappa shape index (κ3) is 10.9. The smallest absolute Gasteiger partial charge is 0.306 e. The van der Waals surface area contributed by atoms with Crippen molar-refractivity contribution in [3.63, 3.8) is 0 Å². The van der Waals surface area contributed by atoms with Gasteiger partial charge in [-0.3, -0.25) is 4.79 Å². The Kier molecular flexibility index (Phi) is 14.2. The molecule has 0 fully saturated rings. The summed E-state index contributed by atoms with van der Waals surface area (Å²) in [7, 11) is 0. The van der Waals surface area contributed by atoms with Gasteiger partial charge in [-0.25, -0.2) is 0 Å². The Hall–Kier alpha value is -2.33. The zero-order valence-electron chi connectivity index (χ0n) is 21.2. The lowest BCUT2D eigenvalue weighted by Gasteiger charge is -2.18. The minimum atomic E-state index is -0.148. The molecular formula is C28H41ClN2O2. The minimum absolute atomic E-state index is 0.122. The Labute approximate surface area is 205 Å². The Morgan fingerprint density at radius 3 is 2.61 bits per heavy atom. The minimum Gasteiger partial charge on any atom is -0.457 e. The molecule has 0 aliphatic carbocycles. The number of hydrazone groups is 1. The number of allylic oxidation sites excluding steroid dienone is 6. The Bertz CT molecular complexity index is 855. The van der Waals surface area contributed by atoms with Crippen LogP contribution in [-0.2, 0) is 9.53 Å². The Balaban J connectivity index is 0.000000335. The molecule has 5 heteroatoms. The highest BCUT2D eigenvalue weighted by Gasteiger charge is 2.16. The van der Waals surface area contributed by atoms with Crippen LogP contribution in [0.15, 0.2) is 59.3 Å². The second-order valence-electron chi connectivity index (χ2n) is 8.28. The fourth-order valence-corrected chi connectivity index (χ4v) is 3.45. The second kappa shape index (κ2) is 16.3. The normalized spacial score (nSPS) is 16.9. The third-order valence-corrected chi connectivity index (χ3v) is 5.50. The van der Waals surface area contributed by atoms with Gasteiger partial charge in [0.15, 0.2) is 0 Å². The number of ether oxygens (including phenoxy) is 1. The highest BCUT2D eigenvalue weighted by atomic mass is 35.5. The quantitative estimate of drug-likeness (QED) is 0.277. The number of hydrogen-bond acceptors (Lipinski definition) is 4. The van der Waals surface area contributed by atoms with Gasteiger partial charge in [-0.2, -0.15) is 5.10 Å². The van der Waals surface area contributed by atoms with Crippen molar-refractivity contribution in [3.8, 4) is 0 Å². The molecule has 1 N–H and O–H groups in total. The molecule has 1 aromatic carbocycles. The van der Waals surface area contributed by atoms with Gasteiger partial charge in [0.05, 0.1) is 5.71 Å². The topological polar surface area (TPSA) is 50.7 Å². The van der Waals surface area contributed by atoms with Gasteiger partial charge >= 0.3 is 5.97 Å². The number of carbonyl (C=O) groups is 1. The maximum absolute atomic E-state index is 11.6. The first-order chi connectivity index (χ1) is 15.9. The zero-order chi connectivity index (χ0) is 24.6. The molecule has 0 saturated carbocycles. The van der Waals surface area contributed by atoms with Crippen LogP contribution in [0.2, 0.25) is 5.02 Å². The number of esters is 1. The summed E-state index contributed by atoms with van der Waals surface area (Å²) in [6.07, 6.45) is 15.6. The Morgan fingerprint density at radius 2 is 2.06 bits per heavy atom. The number of nitrogens with one attached hydrogen (secondary N) is 1. The molecule has 4 nitrogen and oxygen atoms in total. The number of hydrogen-bond donors (Lipinski definition) is 1. The van der Waals surface area contributed by atoms with Crippen molar-refractivity contribution in [1.29, 1.82) is 0 Å². The van der Waals surface area contributed by atoms with Gasteiger partial charge in [0.1, 0.15) is 6.10 Å². The summed E-state index contributed by atoms with van der Waals surface area (Å²) >= 11 is 6.01. The SMILES string of the molecule is CCCC(=O)OC(CCC)c1ccc(Cl)c(C)c1.C\C=C/C(=C\C=C\CC)C1=NNC(C)C1. The van der Waals surface area contributed by atoms with Crippen LogP contribution in [0.4, 0.5) is 0 Å². The van der Waals surface area contributed by atoms with E-state index < -0.39 is 0 Å². The van der Waals surface area contributed by atoms with Gasteiger partial charge in [-0.05, 0) is 62.8 Å². The summed E-state index contributed by atoms with van der Waals surface area (Å²) in [6, 6.07) is 6.27. The van der Waals surface area contributed by atoms with E-state index in [0.29, 0.717) is 12.5 Å². The first-order valence-electron chi connectivity index (χ1n) is 12.1. The van der Waals surface area contributed by atoms with Crippen LogP contribution in [0.5, 0.6) is 0 Å². The second-order valence-corrected chi connectivity index (χ2v) is 8.68. The van der Waals surface area contributed by atoms with Crippen molar-refractivity contribution in [2.24, 2.45) is 5.10 Å². The van der Waals surface area contributed by atoms with Gasteiger partial charge in [0, 0.05) is 23.9 Å². The fourth-order valence-electron chi connectivity index (χ4n) is 3.33. The van der Waals surface area contributed by atoms with E-state index in [1.165, 1.54) is 5.57 Å². The monoisotopic (exact) mass is 472 g/mol. The lowest BCUT2D eigenvalue weighted by Crippen LogP contribution is -2.13. The summed E-state index contributed by atoms with van der Waals surface area (Å²) in [4.78, 5) is 11.6. The summed E-state index contributed by atoms with van der Waals surface area (Å²) < 4.78 is 5.53. The average molecular weight is 473 g/mol. The summed E-state index contributed by atoms with van der Waals surface area (Å²) in [5.74, 6) is -0.122. The molecule has 1 aromatic rings. The van der Waals surface area contributed by atoms with E-state index in [0.717, 1.165) is 54.0 Å². The number of aryl methyl sites for hydroxylation is 1. The average Bonchev–Trinajstić information content (AvgIpc) is 3.22. The lowest BCUT2D eigenvalue weighted by molar-refractivity contribution is -0.149. The molecule has 0 spiro atoms. The summed E-state index contributed by atoms with van der Waals surface area (Å²) in [5.41, 5.74) is 7.50. The highest BCUT2D eigenvalue weighted by Crippen LogP contribution is 2.27. The molecule has 1 aliphatic rings. The zero-order valence-corrected chi connectivity index (χ0v) is 21.9. The van der Waals surface area contributed by atoms with Crippen molar-refractivity contribution in [3.05, 3.63) is 70.3 Å². The van der Waals surface area contributed by atoms with Crippen molar-refractivity contribution in [2.45, 2.75) is 92.2 Å². The van der Waals surface area contributed by atoms with Crippen LogP contribution >= 0.6 is 11.6 Å². The maximum Gasteiger partial charge on any atom is 0.306 e. The first kappa shape index (κ1) is 28.7. The molecule has 0 bridgehead atoms. The molecule has 2 atom stereocenters. The number of rotatable bonds is 10. The number of halogens is 1.